The van der Waals surface area contributed by atoms with Crippen molar-refractivity contribution < 1.29 is 17.9 Å². The number of ether oxygens (including phenoxy) is 1. The molecule has 0 spiro atoms. The third-order valence-corrected chi connectivity index (χ3v) is 8.04. The van der Waals surface area contributed by atoms with Gasteiger partial charge in [-0.2, -0.15) is 4.31 Å². The monoisotopic (exact) mass is 472 g/mol. The molecule has 9 heteroatoms. The fourth-order valence-electron chi connectivity index (χ4n) is 4.24. The molecule has 2 heterocycles. The van der Waals surface area contributed by atoms with Gasteiger partial charge in [-0.25, -0.2) is 8.42 Å². The minimum Gasteiger partial charge on any atom is -0.379 e. The lowest BCUT2D eigenvalue weighted by Crippen LogP contribution is -2.40. The first-order valence-corrected chi connectivity index (χ1v) is 12.9. The van der Waals surface area contributed by atoms with Gasteiger partial charge in [0.15, 0.2) is 0 Å². The maximum absolute atomic E-state index is 13.2. The standard InChI is InChI=1S/C24H32N4O4S/c1-26(2)20-8-6-7-19(17-20)24(29)25-22-18-21(33(30,31)28-13-15-32-16-14-28)9-10-23(22)27-11-4-3-5-12-27/h6-10,17-18H,3-5,11-16H2,1-2H3,(H,25,29). The summed E-state index contributed by atoms with van der Waals surface area (Å²) in [5.74, 6) is -0.266. The molecule has 0 atom stereocenters. The molecule has 2 fully saturated rings. The number of nitrogens with one attached hydrogen (secondary N) is 1. The first-order chi connectivity index (χ1) is 15.9. The summed E-state index contributed by atoms with van der Waals surface area (Å²) in [5.41, 5.74) is 2.81. The number of anilines is 3. The second-order valence-corrected chi connectivity index (χ2v) is 10.6. The van der Waals surface area contributed by atoms with E-state index < -0.39 is 10.0 Å². The van der Waals surface area contributed by atoms with Crippen LogP contribution in [0.25, 0.3) is 0 Å². The van der Waals surface area contributed by atoms with Crippen molar-refractivity contribution in [2.75, 3.05) is 68.6 Å². The van der Waals surface area contributed by atoms with E-state index in [1.54, 1.807) is 18.2 Å². The van der Waals surface area contributed by atoms with E-state index in [9.17, 15) is 13.2 Å². The Morgan fingerprint density at radius 1 is 0.970 bits per heavy atom. The number of piperidine rings is 1. The predicted molar refractivity (Wildman–Crippen MR) is 131 cm³/mol. The topological polar surface area (TPSA) is 82.2 Å². The van der Waals surface area contributed by atoms with Crippen LogP contribution in [0.1, 0.15) is 29.6 Å². The van der Waals surface area contributed by atoms with Crippen molar-refractivity contribution in [3.8, 4) is 0 Å². The molecule has 8 nitrogen and oxygen atoms in total. The van der Waals surface area contributed by atoms with Crippen LogP contribution in [0.3, 0.4) is 0 Å². The molecule has 0 radical (unpaired) electrons. The molecular formula is C24H32N4O4S. The fourth-order valence-corrected chi connectivity index (χ4v) is 5.68. The molecule has 1 N–H and O–H groups in total. The predicted octanol–water partition coefficient (Wildman–Crippen LogP) is 3.02. The zero-order chi connectivity index (χ0) is 23.4. The SMILES string of the molecule is CN(C)c1cccc(C(=O)Nc2cc(S(=O)(=O)N3CCOCC3)ccc2N2CCCCC2)c1. The highest BCUT2D eigenvalue weighted by Crippen LogP contribution is 2.32. The summed E-state index contributed by atoms with van der Waals surface area (Å²) in [6.45, 7) is 3.20. The minimum atomic E-state index is -3.67. The van der Waals surface area contributed by atoms with E-state index in [1.807, 2.05) is 43.3 Å². The normalized spacial score (nSPS) is 17.6. The molecule has 33 heavy (non-hydrogen) atoms. The van der Waals surface area contributed by atoms with E-state index in [4.69, 9.17) is 4.74 Å². The Balaban J connectivity index is 1.68. The Morgan fingerprint density at radius 3 is 2.39 bits per heavy atom. The third kappa shape index (κ3) is 5.31. The minimum absolute atomic E-state index is 0.183. The van der Waals surface area contributed by atoms with Crippen molar-refractivity contribution in [3.63, 3.8) is 0 Å². The Labute approximate surface area is 196 Å². The van der Waals surface area contributed by atoms with E-state index in [-0.39, 0.29) is 10.8 Å². The number of hydrogen-bond donors (Lipinski definition) is 1. The number of morpholine rings is 1. The van der Waals surface area contributed by atoms with Gasteiger partial charge in [-0.3, -0.25) is 4.79 Å². The van der Waals surface area contributed by atoms with Gasteiger partial charge in [-0.05, 0) is 55.7 Å². The molecule has 2 aromatic carbocycles. The Bertz CT molecular complexity index is 1090. The third-order valence-electron chi connectivity index (χ3n) is 6.15. The molecular weight excluding hydrogens is 440 g/mol. The lowest BCUT2D eigenvalue weighted by molar-refractivity contribution is 0.0730. The van der Waals surface area contributed by atoms with Crippen LogP contribution < -0.4 is 15.1 Å². The summed E-state index contributed by atoms with van der Waals surface area (Å²) in [4.78, 5) is 17.5. The van der Waals surface area contributed by atoms with Gasteiger partial charge >= 0.3 is 0 Å². The number of nitrogens with zero attached hydrogens (tertiary/aromatic N) is 3. The smallest absolute Gasteiger partial charge is 0.255 e. The summed E-state index contributed by atoms with van der Waals surface area (Å²) < 4.78 is 33.2. The van der Waals surface area contributed by atoms with Crippen LogP contribution in [0.2, 0.25) is 0 Å². The summed E-state index contributed by atoms with van der Waals surface area (Å²) in [5, 5.41) is 3.00. The molecule has 1 amide bonds. The van der Waals surface area contributed by atoms with E-state index >= 15 is 0 Å². The molecule has 0 saturated carbocycles. The van der Waals surface area contributed by atoms with Crippen molar-refractivity contribution in [3.05, 3.63) is 48.0 Å². The maximum atomic E-state index is 13.2. The zero-order valence-electron chi connectivity index (χ0n) is 19.3. The summed E-state index contributed by atoms with van der Waals surface area (Å²) in [6, 6.07) is 12.4. The van der Waals surface area contributed by atoms with Crippen molar-refractivity contribution in [2.45, 2.75) is 24.2 Å². The van der Waals surface area contributed by atoms with Crippen molar-refractivity contribution >= 4 is 33.0 Å². The lowest BCUT2D eigenvalue weighted by atomic mass is 10.1. The van der Waals surface area contributed by atoms with Crippen LogP contribution >= 0.6 is 0 Å². The average Bonchev–Trinajstić information content (AvgIpc) is 2.85. The highest BCUT2D eigenvalue weighted by molar-refractivity contribution is 7.89. The maximum Gasteiger partial charge on any atom is 0.255 e. The number of rotatable bonds is 6. The first-order valence-electron chi connectivity index (χ1n) is 11.4. The van der Waals surface area contributed by atoms with E-state index in [2.05, 4.69) is 10.2 Å². The number of hydrogen-bond acceptors (Lipinski definition) is 6. The van der Waals surface area contributed by atoms with Crippen LogP contribution in [0.15, 0.2) is 47.4 Å². The van der Waals surface area contributed by atoms with Gasteiger partial charge in [0.2, 0.25) is 10.0 Å². The van der Waals surface area contributed by atoms with Crippen molar-refractivity contribution in [1.29, 1.82) is 0 Å². The molecule has 2 saturated heterocycles. The molecule has 0 bridgehead atoms. The van der Waals surface area contributed by atoms with Gasteiger partial charge in [0.25, 0.3) is 5.91 Å². The first kappa shape index (κ1) is 23.5. The fraction of sp³-hybridized carbons (Fsp3) is 0.458. The van der Waals surface area contributed by atoms with Gasteiger partial charge in [0.1, 0.15) is 0 Å². The molecule has 2 aliphatic rings. The highest BCUT2D eigenvalue weighted by atomic mass is 32.2. The Morgan fingerprint density at radius 2 is 1.70 bits per heavy atom. The second-order valence-electron chi connectivity index (χ2n) is 8.64. The average molecular weight is 473 g/mol. The lowest BCUT2D eigenvalue weighted by Gasteiger charge is -2.31. The van der Waals surface area contributed by atoms with E-state index in [1.165, 1.54) is 10.7 Å². The van der Waals surface area contributed by atoms with E-state index in [0.717, 1.165) is 37.3 Å². The number of sulfonamides is 1. The van der Waals surface area contributed by atoms with Crippen molar-refractivity contribution in [2.24, 2.45) is 0 Å². The van der Waals surface area contributed by atoms with Gasteiger partial charge in [-0.1, -0.05) is 6.07 Å². The Kier molecular flexibility index (Phi) is 7.21. The van der Waals surface area contributed by atoms with Crippen LogP contribution in [0, 0.1) is 0 Å². The molecule has 2 aromatic rings. The largest absolute Gasteiger partial charge is 0.379 e. The molecule has 4 rings (SSSR count). The quantitative estimate of drug-likeness (QED) is 0.696. The zero-order valence-corrected chi connectivity index (χ0v) is 20.1. The number of carbonyl (C=O) groups is 1. The van der Waals surface area contributed by atoms with Crippen LogP contribution in [-0.4, -0.2) is 72.1 Å². The van der Waals surface area contributed by atoms with Crippen molar-refractivity contribution in [1.82, 2.24) is 4.31 Å². The van der Waals surface area contributed by atoms with Crippen LogP contribution in [0.5, 0.6) is 0 Å². The molecule has 178 valence electrons. The number of carbonyl (C=O) groups excluding carboxylic acids is 1. The van der Waals surface area contributed by atoms with Gasteiger partial charge in [-0.15, -0.1) is 0 Å². The van der Waals surface area contributed by atoms with E-state index in [0.29, 0.717) is 37.6 Å². The van der Waals surface area contributed by atoms with Gasteiger partial charge in [0, 0.05) is 51.5 Å². The summed E-state index contributed by atoms with van der Waals surface area (Å²) in [6.07, 6.45) is 3.33. The number of amides is 1. The van der Waals surface area contributed by atoms with Gasteiger partial charge in [0.05, 0.1) is 29.5 Å². The molecule has 2 aliphatic heterocycles. The molecule has 0 aliphatic carbocycles. The second kappa shape index (κ2) is 10.1. The number of benzene rings is 2. The summed E-state index contributed by atoms with van der Waals surface area (Å²) >= 11 is 0. The Hall–Kier alpha value is -2.62. The molecule has 0 unspecified atom stereocenters. The summed E-state index contributed by atoms with van der Waals surface area (Å²) in [7, 11) is 0.171. The van der Waals surface area contributed by atoms with Gasteiger partial charge < -0.3 is 19.9 Å². The van der Waals surface area contributed by atoms with Crippen LogP contribution in [-0.2, 0) is 14.8 Å². The highest BCUT2D eigenvalue weighted by Gasteiger charge is 2.28. The molecule has 0 aromatic heterocycles. The van der Waals surface area contributed by atoms with Crippen LogP contribution in [0.4, 0.5) is 17.1 Å².